The van der Waals surface area contributed by atoms with E-state index in [1.54, 1.807) is 17.8 Å². The monoisotopic (exact) mass is 353 g/mol. The van der Waals surface area contributed by atoms with E-state index in [2.05, 4.69) is 15.4 Å². The van der Waals surface area contributed by atoms with E-state index in [1.165, 1.54) is 4.57 Å². The van der Waals surface area contributed by atoms with Gasteiger partial charge in [-0.05, 0) is 39.8 Å². The second-order valence-electron chi connectivity index (χ2n) is 7.24. The Balaban J connectivity index is 1.82. The van der Waals surface area contributed by atoms with Crippen molar-refractivity contribution in [2.45, 2.75) is 46.2 Å². The van der Waals surface area contributed by atoms with Crippen LogP contribution in [0.5, 0.6) is 0 Å². The summed E-state index contributed by atoms with van der Waals surface area (Å²) in [4.78, 5) is 29.5. The Hall–Kier alpha value is -2.96. The van der Waals surface area contributed by atoms with Gasteiger partial charge in [-0.2, -0.15) is 5.10 Å². The van der Waals surface area contributed by atoms with Gasteiger partial charge in [-0.25, -0.2) is 9.67 Å². The summed E-state index contributed by atoms with van der Waals surface area (Å²) >= 11 is 0. The van der Waals surface area contributed by atoms with Crippen molar-refractivity contribution < 1.29 is 4.79 Å². The highest BCUT2D eigenvalue weighted by Crippen LogP contribution is 2.18. The van der Waals surface area contributed by atoms with Crippen molar-refractivity contribution >= 4 is 22.6 Å². The predicted molar refractivity (Wildman–Crippen MR) is 101 cm³/mol. The standard InChI is InChI=1S/C19H23N5O2/c1-13-21-17-15(12-20-24(17)19(2,3)4)18(26)23(13)11-10-16(25)22-14-8-6-5-7-9-14/h5-9,12H,10-11H2,1-4H3,(H,22,25). The summed E-state index contributed by atoms with van der Waals surface area (Å²) in [6.07, 6.45) is 1.74. The normalized spacial score (nSPS) is 11.7. The van der Waals surface area contributed by atoms with Crippen LogP contribution in [0.25, 0.3) is 11.0 Å². The van der Waals surface area contributed by atoms with Crippen molar-refractivity contribution in [3.8, 4) is 0 Å². The number of hydrogen-bond acceptors (Lipinski definition) is 4. The number of carbonyl (C=O) groups excluding carboxylic acids is 1. The Bertz CT molecular complexity index is 996. The van der Waals surface area contributed by atoms with Gasteiger partial charge in [-0.3, -0.25) is 14.2 Å². The third kappa shape index (κ3) is 3.51. The second kappa shape index (κ2) is 6.74. The second-order valence-corrected chi connectivity index (χ2v) is 7.24. The summed E-state index contributed by atoms with van der Waals surface area (Å²) in [5.41, 5.74) is 0.872. The maximum absolute atomic E-state index is 12.8. The van der Waals surface area contributed by atoms with Crippen molar-refractivity contribution in [3.63, 3.8) is 0 Å². The molecule has 26 heavy (non-hydrogen) atoms. The quantitative estimate of drug-likeness (QED) is 0.782. The van der Waals surface area contributed by atoms with E-state index >= 15 is 0 Å². The molecule has 0 spiro atoms. The summed E-state index contributed by atoms with van der Waals surface area (Å²) in [5.74, 6) is 0.425. The Kier molecular flexibility index (Phi) is 4.63. The van der Waals surface area contributed by atoms with E-state index in [-0.39, 0.29) is 30.0 Å². The van der Waals surface area contributed by atoms with Gasteiger partial charge >= 0.3 is 0 Å². The molecule has 0 saturated heterocycles. The lowest BCUT2D eigenvalue weighted by atomic mass is 10.1. The first kappa shape index (κ1) is 17.8. The lowest BCUT2D eigenvalue weighted by molar-refractivity contribution is -0.116. The molecule has 1 N–H and O–H groups in total. The molecular formula is C19H23N5O2. The van der Waals surface area contributed by atoms with Crippen LogP contribution >= 0.6 is 0 Å². The predicted octanol–water partition coefficient (Wildman–Crippen LogP) is 2.69. The topological polar surface area (TPSA) is 81.8 Å². The van der Waals surface area contributed by atoms with Gasteiger partial charge in [0.2, 0.25) is 5.91 Å². The van der Waals surface area contributed by atoms with E-state index in [1.807, 2.05) is 51.1 Å². The number of hydrogen-bond donors (Lipinski definition) is 1. The number of nitrogens with one attached hydrogen (secondary N) is 1. The number of aromatic nitrogens is 4. The van der Waals surface area contributed by atoms with Crippen LogP contribution < -0.4 is 10.9 Å². The first-order valence-corrected chi connectivity index (χ1v) is 8.58. The molecule has 3 aromatic rings. The van der Waals surface area contributed by atoms with Crippen LogP contribution in [-0.4, -0.2) is 25.2 Å². The average molecular weight is 353 g/mol. The highest BCUT2D eigenvalue weighted by atomic mass is 16.2. The molecule has 0 atom stereocenters. The minimum atomic E-state index is -0.268. The zero-order valence-corrected chi connectivity index (χ0v) is 15.5. The molecule has 7 heteroatoms. The van der Waals surface area contributed by atoms with Gasteiger partial charge in [0.1, 0.15) is 11.2 Å². The highest BCUT2D eigenvalue weighted by Gasteiger charge is 2.21. The number of aryl methyl sites for hydroxylation is 1. The van der Waals surface area contributed by atoms with Crippen molar-refractivity contribution in [2.75, 3.05) is 5.32 Å². The van der Waals surface area contributed by atoms with E-state index in [0.29, 0.717) is 16.9 Å². The van der Waals surface area contributed by atoms with Crippen LogP contribution in [-0.2, 0) is 16.9 Å². The zero-order chi connectivity index (χ0) is 18.9. The third-order valence-corrected chi connectivity index (χ3v) is 4.13. The van der Waals surface area contributed by atoms with Gasteiger partial charge in [0.05, 0.1) is 11.7 Å². The molecule has 0 radical (unpaired) electrons. The molecule has 3 rings (SSSR count). The van der Waals surface area contributed by atoms with Crippen molar-refractivity contribution in [1.29, 1.82) is 0 Å². The van der Waals surface area contributed by atoms with Gasteiger partial charge in [-0.15, -0.1) is 0 Å². The van der Waals surface area contributed by atoms with Gasteiger partial charge in [0.15, 0.2) is 5.65 Å². The summed E-state index contributed by atoms with van der Waals surface area (Å²) < 4.78 is 3.28. The fraction of sp³-hybridized carbons (Fsp3) is 0.368. The maximum Gasteiger partial charge on any atom is 0.264 e. The number of rotatable bonds is 4. The Morgan fingerprint density at radius 3 is 2.54 bits per heavy atom. The van der Waals surface area contributed by atoms with Crippen LogP contribution in [0.1, 0.15) is 33.0 Å². The summed E-state index contributed by atoms with van der Waals surface area (Å²) in [7, 11) is 0. The first-order valence-electron chi connectivity index (χ1n) is 8.58. The number of para-hydroxylation sites is 1. The molecule has 1 amide bonds. The molecule has 0 aliphatic rings. The van der Waals surface area contributed by atoms with Crippen molar-refractivity contribution in [3.05, 3.63) is 52.7 Å². The maximum atomic E-state index is 12.8. The minimum Gasteiger partial charge on any atom is -0.326 e. The lowest BCUT2D eigenvalue weighted by Crippen LogP contribution is -2.28. The number of amides is 1. The summed E-state index contributed by atoms with van der Waals surface area (Å²) in [6, 6.07) is 9.24. The molecule has 2 aromatic heterocycles. The molecule has 0 saturated carbocycles. The highest BCUT2D eigenvalue weighted by molar-refractivity contribution is 5.90. The van der Waals surface area contributed by atoms with E-state index in [9.17, 15) is 9.59 Å². The van der Waals surface area contributed by atoms with Crippen LogP contribution in [0, 0.1) is 6.92 Å². The number of carbonyl (C=O) groups is 1. The molecular weight excluding hydrogens is 330 g/mol. The molecule has 0 bridgehead atoms. The number of anilines is 1. The van der Waals surface area contributed by atoms with E-state index < -0.39 is 0 Å². The minimum absolute atomic E-state index is 0.145. The Morgan fingerprint density at radius 1 is 1.19 bits per heavy atom. The number of nitrogens with zero attached hydrogens (tertiary/aromatic N) is 4. The molecule has 0 aliphatic heterocycles. The molecule has 0 aliphatic carbocycles. The largest absolute Gasteiger partial charge is 0.326 e. The van der Waals surface area contributed by atoms with Gasteiger partial charge in [-0.1, -0.05) is 18.2 Å². The van der Waals surface area contributed by atoms with Gasteiger partial charge < -0.3 is 5.32 Å². The fourth-order valence-electron chi connectivity index (χ4n) is 2.82. The molecule has 0 fully saturated rings. The molecule has 2 heterocycles. The van der Waals surface area contributed by atoms with Gasteiger partial charge in [0.25, 0.3) is 5.56 Å². The van der Waals surface area contributed by atoms with Crippen LogP contribution in [0.3, 0.4) is 0 Å². The SMILES string of the molecule is Cc1nc2c(cnn2C(C)(C)C)c(=O)n1CCC(=O)Nc1ccccc1. The van der Waals surface area contributed by atoms with Crippen molar-refractivity contribution in [2.24, 2.45) is 0 Å². The van der Waals surface area contributed by atoms with Crippen LogP contribution in [0.4, 0.5) is 5.69 Å². The van der Waals surface area contributed by atoms with E-state index in [4.69, 9.17) is 0 Å². The fourth-order valence-corrected chi connectivity index (χ4v) is 2.82. The molecule has 1 aromatic carbocycles. The Morgan fingerprint density at radius 2 is 1.88 bits per heavy atom. The summed E-state index contributed by atoms with van der Waals surface area (Å²) in [5, 5.41) is 7.61. The summed E-state index contributed by atoms with van der Waals surface area (Å²) in [6.45, 7) is 8.07. The van der Waals surface area contributed by atoms with Crippen molar-refractivity contribution in [1.82, 2.24) is 19.3 Å². The Labute approximate surface area is 151 Å². The number of benzene rings is 1. The molecule has 0 unspecified atom stereocenters. The lowest BCUT2D eigenvalue weighted by Gasteiger charge is -2.20. The zero-order valence-electron chi connectivity index (χ0n) is 15.5. The third-order valence-electron chi connectivity index (χ3n) is 4.13. The first-order chi connectivity index (χ1) is 12.3. The molecule has 7 nitrogen and oxygen atoms in total. The smallest absolute Gasteiger partial charge is 0.264 e. The van der Waals surface area contributed by atoms with Crippen LogP contribution in [0.15, 0.2) is 41.3 Å². The van der Waals surface area contributed by atoms with Crippen LogP contribution in [0.2, 0.25) is 0 Å². The molecule has 136 valence electrons. The average Bonchev–Trinajstić information content (AvgIpc) is 2.99. The van der Waals surface area contributed by atoms with E-state index in [0.717, 1.165) is 5.69 Å². The number of fused-ring (bicyclic) bond motifs is 1. The van der Waals surface area contributed by atoms with Gasteiger partial charge in [0, 0.05) is 18.7 Å².